The molecule has 0 saturated heterocycles. The average molecular weight is 766 g/mol. The van der Waals surface area contributed by atoms with E-state index < -0.39 is 0 Å². The Kier molecular flexibility index (Phi) is 8.87. The number of nitrogens with zero attached hydrogens (tertiary/aromatic N) is 1. The zero-order valence-corrected chi connectivity index (χ0v) is 32.9. The molecule has 2 heteroatoms. The van der Waals surface area contributed by atoms with E-state index in [4.69, 9.17) is 4.74 Å². The quantitative estimate of drug-likeness (QED) is 0.160. The Hall–Kier alpha value is -7.94. The van der Waals surface area contributed by atoms with Crippen molar-refractivity contribution in [2.75, 3.05) is 4.90 Å². The topological polar surface area (TPSA) is 12.5 Å². The Morgan fingerprint density at radius 3 is 1.17 bits per heavy atom. The molecule has 10 aromatic carbocycles. The molecule has 0 unspecified atom stereocenters. The highest BCUT2D eigenvalue weighted by atomic mass is 16.5. The normalized spacial score (nSPS) is 11.5. The molecule has 0 spiro atoms. The first-order valence-corrected chi connectivity index (χ1v) is 20.5. The molecule has 0 radical (unpaired) electrons. The minimum absolute atomic E-state index is 0.845. The van der Waals surface area contributed by atoms with Gasteiger partial charge in [0.1, 0.15) is 11.5 Å². The molecule has 2 nitrogen and oxygen atoms in total. The molecule has 11 rings (SSSR count). The van der Waals surface area contributed by atoms with Crippen molar-refractivity contribution in [2.24, 2.45) is 0 Å². The van der Waals surface area contributed by atoms with Gasteiger partial charge in [-0.15, -0.1) is 0 Å². The zero-order valence-electron chi connectivity index (χ0n) is 32.9. The van der Waals surface area contributed by atoms with Crippen LogP contribution in [0.1, 0.15) is 0 Å². The predicted molar refractivity (Wildman–Crippen MR) is 251 cm³/mol. The molecular formula is C58H39NO. The fourth-order valence-electron chi connectivity index (χ4n) is 8.63. The number of hydrogen-bond acceptors (Lipinski definition) is 2. The van der Waals surface area contributed by atoms with E-state index in [1.54, 1.807) is 0 Å². The second-order valence-corrected chi connectivity index (χ2v) is 15.3. The van der Waals surface area contributed by atoms with Crippen molar-refractivity contribution >= 4 is 27.8 Å². The molecule has 0 atom stereocenters. The molecule has 0 aromatic heterocycles. The Labute approximate surface area is 350 Å². The number of para-hydroxylation sites is 1. The second-order valence-electron chi connectivity index (χ2n) is 15.3. The summed E-state index contributed by atoms with van der Waals surface area (Å²) in [5.74, 6) is 1.72. The Bertz CT molecular complexity index is 3040. The number of anilines is 3. The monoisotopic (exact) mass is 765 g/mol. The van der Waals surface area contributed by atoms with Crippen LogP contribution in [0.3, 0.4) is 0 Å². The van der Waals surface area contributed by atoms with Crippen LogP contribution in [-0.2, 0) is 0 Å². The molecule has 0 bridgehead atoms. The molecule has 0 saturated carbocycles. The van der Waals surface area contributed by atoms with Gasteiger partial charge in [-0.1, -0.05) is 176 Å². The first-order valence-electron chi connectivity index (χ1n) is 20.5. The van der Waals surface area contributed by atoms with Crippen molar-refractivity contribution in [3.05, 3.63) is 237 Å². The van der Waals surface area contributed by atoms with Crippen molar-refractivity contribution in [3.8, 4) is 78.3 Å². The smallest absolute Gasteiger partial charge is 0.143 e. The number of benzene rings is 10. The van der Waals surface area contributed by atoms with Crippen molar-refractivity contribution < 1.29 is 4.74 Å². The van der Waals surface area contributed by atoms with Gasteiger partial charge in [-0.2, -0.15) is 0 Å². The molecule has 0 N–H and O–H groups in total. The van der Waals surface area contributed by atoms with Crippen molar-refractivity contribution in [2.45, 2.75) is 0 Å². The fourth-order valence-corrected chi connectivity index (χ4v) is 8.63. The summed E-state index contributed by atoms with van der Waals surface area (Å²) in [6.45, 7) is 0. The van der Waals surface area contributed by atoms with Gasteiger partial charge in [0.15, 0.2) is 0 Å². The third-order valence-electron chi connectivity index (χ3n) is 11.7. The van der Waals surface area contributed by atoms with E-state index in [2.05, 4.69) is 241 Å². The summed E-state index contributed by atoms with van der Waals surface area (Å²) in [5.41, 5.74) is 17.0. The van der Waals surface area contributed by atoms with Gasteiger partial charge in [0.25, 0.3) is 0 Å². The Balaban J connectivity index is 0.995. The SMILES string of the molecule is c1ccc(-c2ccc(N(c3ccc(-c4ccccc4)cc3)c3ccc(-c4ccc5c(c4)-c4cc6ccccc6cc4-c4cccc(-c6ccccc6)c4O5)cc3)cc2)cc1. The minimum atomic E-state index is 0.845. The van der Waals surface area contributed by atoms with Crippen LogP contribution in [0.15, 0.2) is 237 Å². The molecule has 0 amide bonds. The summed E-state index contributed by atoms with van der Waals surface area (Å²) in [6, 6.07) is 84.7. The third kappa shape index (κ3) is 6.51. The van der Waals surface area contributed by atoms with E-state index in [1.165, 1.54) is 38.6 Å². The van der Waals surface area contributed by atoms with Crippen LogP contribution in [0.2, 0.25) is 0 Å². The predicted octanol–water partition coefficient (Wildman–Crippen LogP) is 16.4. The lowest BCUT2D eigenvalue weighted by Crippen LogP contribution is -2.09. The van der Waals surface area contributed by atoms with Gasteiger partial charge in [-0.3, -0.25) is 0 Å². The van der Waals surface area contributed by atoms with Crippen molar-refractivity contribution in [3.63, 3.8) is 0 Å². The van der Waals surface area contributed by atoms with Gasteiger partial charge in [0.05, 0.1) is 0 Å². The van der Waals surface area contributed by atoms with Gasteiger partial charge >= 0.3 is 0 Å². The van der Waals surface area contributed by atoms with Crippen LogP contribution in [-0.4, -0.2) is 0 Å². The second kappa shape index (κ2) is 15.1. The molecular weight excluding hydrogens is 727 g/mol. The van der Waals surface area contributed by atoms with E-state index in [-0.39, 0.29) is 0 Å². The molecule has 0 aliphatic carbocycles. The van der Waals surface area contributed by atoms with Crippen LogP contribution in [0.25, 0.3) is 77.5 Å². The lowest BCUT2D eigenvalue weighted by atomic mass is 9.89. The standard InChI is InChI=1S/C58H39NO/c1-4-13-40(14-5-1)42-23-30-49(31-24-42)59(50-32-25-43(26-33-50)41-15-6-2-7-16-41)51-34-27-44(28-35-51)48-29-36-57-56(39-48)55-38-47-20-11-10-19-46(47)37-54(55)53-22-12-21-52(58(53)60-57)45-17-8-3-9-18-45/h1-39H. The maximum Gasteiger partial charge on any atom is 0.143 e. The van der Waals surface area contributed by atoms with E-state index in [1.807, 2.05) is 0 Å². The van der Waals surface area contributed by atoms with Gasteiger partial charge in [-0.05, 0) is 122 Å². The maximum atomic E-state index is 7.00. The highest BCUT2D eigenvalue weighted by Gasteiger charge is 2.25. The summed E-state index contributed by atoms with van der Waals surface area (Å²) in [4.78, 5) is 2.33. The van der Waals surface area contributed by atoms with Crippen LogP contribution in [0.5, 0.6) is 11.5 Å². The summed E-state index contributed by atoms with van der Waals surface area (Å²) in [7, 11) is 0. The van der Waals surface area contributed by atoms with Crippen LogP contribution in [0, 0.1) is 0 Å². The third-order valence-corrected chi connectivity index (χ3v) is 11.7. The summed E-state index contributed by atoms with van der Waals surface area (Å²) < 4.78 is 7.00. The molecule has 10 aromatic rings. The van der Waals surface area contributed by atoms with E-state index in [0.29, 0.717) is 0 Å². The van der Waals surface area contributed by atoms with E-state index in [9.17, 15) is 0 Å². The first-order chi connectivity index (χ1) is 29.7. The van der Waals surface area contributed by atoms with Crippen molar-refractivity contribution in [1.82, 2.24) is 0 Å². The maximum absolute atomic E-state index is 7.00. The number of fused-ring (bicyclic) bond motifs is 6. The van der Waals surface area contributed by atoms with Gasteiger partial charge in [-0.25, -0.2) is 0 Å². The van der Waals surface area contributed by atoms with E-state index >= 15 is 0 Å². The molecule has 60 heavy (non-hydrogen) atoms. The highest BCUT2D eigenvalue weighted by molar-refractivity contribution is 6.02. The summed E-state index contributed by atoms with van der Waals surface area (Å²) >= 11 is 0. The average Bonchev–Trinajstić information content (AvgIpc) is 3.46. The zero-order chi connectivity index (χ0) is 39.8. The minimum Gasteiger partial charge on any atom is -0.455 e. The van der Waals surface area contributed by atoms with Gasteiger partial charge in [0.2, 0.25) is 0 Å². The van der Waals surface area contributed by atoms with Crippen LogP contribution in [0.4, 0.5) is 17.1 Å². The van der Waals surface area contributed by atoms with Crippen LogP contribution >= 0.6 is 0 Å². The molecule has 1 aliphatic rings. The largest absolute Gasteiger partial charge is 0.455 e. The van der Waals surface area contributed by atoms with E-state index in [0.717, 1.165) is 67.5 Å². The Morgan fingerprint density at radius 2 is 0.650 bits per heavy atom. The molecule has 1 heterocycles. The Morgan fingerprint density at radius 1 is 0.250 bits per heavy atom. The fraction of sp³-hybridized carbons (Fsp3) is 0. The van der Waals surface area contributed by atoms with Gasteiger partial charge in [0, 0.05) is 33.8 Å². The van der Waals surface area contributed by atoms with Crippen molar-refractivity contribution in [1.29, 1.82) is 0 Å². The lowest BCUT2D eigenvalue weighted by Gasteiger charge is -2.26. The molecule has 0 fully saturated rings. The molecule has 1 aliphatic heterocycles. The number of hydrogen-bond donors (Lipinski definition) is 0. The summed E-state index contributed by atoms with van der Waals surface area (Å²) in [5, 5.41) is 2.41. The molecule has 282 valence electrons. The number of rotatable bonds is 7. The van der Waals surface area contributed by atoms with Gasteiger partial charge < -0.3 is 9.64 Å². The first kappa shape index (κ1) is 35.2. The number of ether oxygens (including phenoxy) is 1. The van der Waals surface area contributed by atoms with Crippen LogP contribution < -0.4 is 9.64 Å². The summed E-state index contributed by atoms with van der Waals surface area (Å²) in [6.07, 6.45) is 0. The highest BCUT2D eigenvalue weighted by Crippen LogP contribution is 2.52. The lowest BCUT2D eigenvalue weighted by molar-refractivity contribution is 0.489.